The molecule has 1 saturated heterocycles. The summed E-state index contributed by atoms with van der Waals surface area (Å²) >= 11 is 0. The highest BCUT2D eigenvalue weighted by atomic mass is 16.5. The molecule has 2 bridgehead atoms. The Morgan fingerprint density at radius 2 is 1.86 bits per heavy atom. The van der Waals surface area contributed by atoms with Crippen molar-refractivity contribution in [1.82, 2.24) is 0 Å². The number of carboxylic acids is 1. The van der Waals surface area contributed by atoms with E-state index in [0.29, 0.717) is 6.54 Å². The standard InChI is InChI=1S/C16H15NO4/c18-15(17-8-7-9-3-1-2-4-10(9)17)13-11-5-6-12(21-11)14(13)16(19)20/h1-6,11-14H,7-8H2,(H,19,20)/t11-,12-,13-,14+/m1/s1. The number of ether oxygens (including phenoxy) is 1. The van der Waals surface area contributed by atoms with Crippen LogP contribution in [0.5, 0.6) is 0 Å². The van der Waals surface area contributed by atoms with Crippen molar-refractivity contribution in [1.29, 1.82) is 0 Å². The van der Waals surface area contributed by atoms with Gasteiger partial charge in [-0.3, -0.25) is 9.59 Å². The van der Waals surface area contributed by atoms with Gasteiger partial charge in [0.2, 0.25) is 5.91 Å². The number of amides is 1. The fourth-order valence-corrected chi connectivity index (χ4v) is 3.64. The fourth-order valence-electron chi connectivity index (χ4n) is 3.64. The minimum absolute atomic E-state index is 0.135. The van der Waals surface area contributed by atoms with Crippen molar-refractivity contribution in [2.75, 3.05) is 11.4 Å². The first-order valence-electron chi connectivity index (χ1n) is 7.12. The van der Waals surface area contributed by atoms with Crippen molar-refractivity contribution < 1.29 is 19.4 Å². The monoisotopic (exact) mass is 285 g/mol. The van der Waals surface area contributed by atoms with Gasteiger partial charge in [-0.15, -0.1) is 0 Å². The van der Waals surface area contributed by atoms with Gasteiger partial charge in [0.25, 0.3) is 0 Å². The fraction of sp³-hybridized carbons (Fsp3) is 0.375. The third-order valence-corrected chi connectivity index (χ3v) is 4.62. The highest BCUT2D eigenvalue weighted by Gasteiger charge is 2.54. The van der Waals surface area contributed by atoms with E-state index < -0.39 is 30.0 Å². The predicted octanol–water partition coefficient (Wildman–Crippen LogP) is 1.23. The third-order valence-electron chi connectivity index (χ3n) is 4.62. The van der Waals surface area contributed by atoms with Gasteiger partial charge in [-0.1, -0.05) is 30.4 Å². The first kappa shape index (κ1) is 12.6. The Labute approximate surface area is 121 Å². The average Bonchev–Trinajstić information content (AvgIpc) is 3.19. The lowest BCUT2D eigenvalue weighted by atomic mass is 9.82. The highest BCUT2D eigenvalue weighted by Crippen LogP contribution is 2.42. The van der Waals surface area contributed by atoms with Crippen LogP contribution in [0.15, 0.2) is 36.4 Å². The molecule has 1 amide bonds. The highest BCUT2D eigenvalue weighted by molar-refractivity contribution is 6.00. The molecule has 4 atom stereocenters. The molecule has 1 fully saturated rings. The summed E-state index contributed by atoms with van der Waals surface area (Å²) in [5.41, 5.74) is 2.04. The van der Waals surface area contributed by atoms with Crippen LogP contribution in [0.3, 0.4) is 0 Å². The number of aliphatic carboxylic acids is 1. The SMILES string of the molecule is O=C(O)[C@@H]1[C@H](C(=O)N2CCc3ccccc32)[C@H]2C=C[C@H]1O2. The molecular formula is C16H15NO4. The molecule has 3 heterocycles. The number of rotatable bonds is 2. The van der Waals surface area contributed by atoms with E-state index in [1.54, 1.807) is 11.0 Å². The van der Waals surface area contributed by atoms with Gasteiger partial charge in [0, 0.05) is 12.2 Å². The van der Waals surface area contributed by atoms with Gasteiger partial charge in [-0.25, -0.2) is 0 Å². The Morgan fingerprint density at radius 3 is 2.62 bits per heavy atom. The van der Waals surface area contributed by atoms with Crippen LogP contribution in [0.4, 0.5) is 5.69 Å². The molecule has 1 aromatic rings. The first-order chi connectivity index (χ1) is 10.2. The molecule has 4 rings (SSSR count). The van der Waals surface area contributed by atoms with E-state index in [9.17, 15) is 14.7 Å². The summed E-state index contributed by atoms with van der Waals surface area (Å²) in [7, 11) is 0. The van der Waals surface area contributed by atoms with Gasteiger partial charge in [-0.05, 0) is 18.1 Å². The normalized spacial score (nSPS) is 32.5. The Balaban J connectivity index is 1.67. The average molecular weight is 285 g/mol. The molecule has 0 radical (unpaired) electrons. The number of carbonyl (C=O) groups is 2. The summed E-state index contributed by atoms with van der Waals surface area (Å²) in [6.45, 7) is 0.613. The molecule has 3 aliphatic rings. The van der Waals surface area contributed by atoms with Gasteiger partial charge < -0.3 is 14.7 Å². The molecule has 21 heavy (non-hydrogen) atoms. The van der Waals surface area contributed by atoms with E-state index >= 15 is 0 Å². The molecule has 5 heteroatoms. The smallest absolute Gasteiger partial charge is 0.310 e. The molecular weight excluding hydrogens is 270 g/mol. The van der Waals surface area contributed by atoms with E-state index in [1.807, 2.05) is 30.3 Å². The van der Waals surface area contributed by atoms with Crippen LogP contribution in [-0.4, -0.2) is 35.7 Å². The Bertz CT molecular complexity index is 653. The quantitative estimate of drug-likeness (QED) is 0.830. The van der Waals surface area contributed by atoms with Gasteiger partial charge in [0.15, 0.2) is 0 Å². The number of fused-ring (bicyclic) bond motifs is 3. The summed E-state index contributed by atoms with van der Waals surface area (Å²) in [5.74, 6) is -2.49. The number of hydrogen-bond donors (Lipinski definition) is 1. The first-order valence-corrected chi connectivity index (χ1v) is 7.12. The van der Waals surface area contributed by atoms with Crippen LogP contribution < -0.4 is 4.90 Å². The van der Waals surface area contributed by atoms with Gasteiger partial charge >= 0.3 is 5.97 Å². The van der Waals surface area contributed by atoms with Crippen molar-refractivity contribution in [3.8, 4) is 0 Å². The van der Waals surface area contributed by atoms with Crippen LogP contribution >= 0.6 is 0 Å². The summed E-state index contributed by atoms with van der Waals surface area (Å²) in [4.78, 5) is 26.1. The van der Waals surface area contributed by atoms with E-state index in [1.165, 1.54) is 0 Å². The van der Waals surface area contributed by atoms with E-state index in [0.717, 1.165) is 17.7 Å². The number of anilines is 1. The maximum absolute atomic E-state index is 12.9. The number of para-hydroxylation sites is 1. The molecule has 1 N–H and O–H groups in total. The Morgan fingerprint density at radius 1 is 1.14 bits per heavy atom. The Hall–Kier alpha value is -2.14. The third kappa shape index (κ3) is 1.74. The van der Waals surface area contributed by atoms with Crippen molar-refractivity contribution >= 4 is 17.6 Å². The minimum Gasteiger partial charge on any atom is -0.481 e. The molecule has 0 spiro atoms. The molecule has 0 unspecified atom stereocenters. The van der Waals surface area contributed by atoms with Crippen LogP contribution in [0, 0.1) is 11.8 Å². The zero-order chi connectivity index (χ0) is 14.6. The molecule has 0 saturated carbocycles. The lowest BCUT2D eigenvalue weighted by Crippen LogP contribution is -2.44. The molecule has 3 aliphatic heterocycles. The lowest BCUT2D eigenvalue weighted by Gasteiger charge is -2.26. The molecule has 108 valence electrons. The summed E-state index contributed by atoms with van der Waals surface area (Å²) in [6, 6.07) is 7.78. The van der Waals surface area contributed by atoms with E-state index in [-0.39, 0.29) is 5.91 Å². The largest absolute Gasteiger partial charge is 0.481 e. The van der Waals surface area contributed by atoms with E-state index in [2.05, 4.69) is 0 Å². The molecule has 0 aromatic heterocycles. The van der Waals surface area contributed by atoms with Crippen molar-refractivity contribution in [2.24, 2.45) is 11.8 Å². The summed E-state index contributed by atoms with van der Waals surface area (Å²) in [6.07, 6.45) is 3.51. The zero-order valence-electron chi connectivity index (χ0n) is 11.3. The second-order valence-corrected chi connectivity index (χ2v) is 5.71. The van der Waals surface area contributed by atoms with Crippen LogP contribution in [0.1, 0.15) is 5.56 Å². The van der Waals surface area contributed by atoms with Crippen LogP contribution in [-0.2, 0) is 20.7 Å². The maximum Gasteiger partial charge on any atom is 0.310 e. The van der Waals surface area contributed by atoms with Crippen molar-refractivity contribution in [2.45, 2.75) is 18.6 Å². The number of hydrogen-bond acceptors (Lipinski definition) is 3. The predicted molar refractivity (Wildman–Crippen MR) is 74.9 cm³/mol. The zero-order valence-corrected chi connectivity index (χ0v) is 11.3. The molecule has 0 aliphatic carbocycles. The maximum atomic E-state index is 12.9. The van der Waals surface area contributed by atoms with E-state index in [4.69, 9.17) is 4.74 Å². The number of carboxylic acid groups (broad SMARTS) is 1. The Kier molecular flexibility index (Phi) is 2.65. The summed E-state index contributed by atoms with van der Waals surface area (Å²) in [5, 5.41) is 9.41. The molecule has 1 aromatic carbocycles. The second-order valence-electron chi connectivity index (χ2n) is 5.71. The van der Waals surface area contributed by atoms with Crippen LogP contribution in [0.25, 0.3) is 0 Å². The van der Waals surface area contributed by atoms with Gasteiger partial charge in [-0.2, -0.15) is 0 Å². The second kappa shape index (κ2) is 4.43. The van der Waals surface area contributed by atoms with Crippen molar-refractivity contribution in [3.05, 3.63) is 42.0 Å². The summed E-state index contributed by atoms with van der Waals surface area (Å²) < 4.78 is 5.59. The molecule has 5 nitrogen and oxygen atoms in total. The number of carbonyl (C=O) groups excluding carboxylic acids is 1. The topological polar surface area (TPSA) is 66.8 Å². The van der Waals surface area contributed by atoms with Crippen LogP contribution in [0.2, 0.25) is 0 Å². The van der Waals surface area contributed by atoms with Crippen molar-refractivity contribution in [3.63, 3.8) is 0 Å². The minimum atomic E-state index is -0.960. The van der Waals surface area contributed by atoms with Gasteiger partial charge in [0.05, 0.1) is 18.1 Å². The number of benzene rings is 1. The lowest BCUT2D eigenvalue weighted by molar-refractivity contribution is -0.146. The number of nitrogens with zero attached hydrogens (tertiary/aromatic N) is 1. The van der Waals surface area contributed by atoms with Gasteiger partial charge in [0.1, 0.15) is 5.92 Å².